The van der Waals surface area contributed by atoms with Crippen molar-refractivity contribution in [3.8, 4) is 0 Å². The topological polar surface area (TPSA) is 86.9 Å². The summed E-state index contributed by atoms with van der Waals surface area (Å²) in [5, 5.41) is 11.4. The zero-order valence-corrected chi connectivity index (χ0v) is 11.8. The van der Waals surface area contributed by atoms with Crippen LogP contribution in [0.25, 0.3) is 0 Å². The van der Waals surface area contributed by atoms with Gasteiger partial charge in [0.25, 0.3) is 0 Å². The second-order valence-corrected chi connectivity index (χ2v) is 4.29. The highest BCUT2D eigenvalue weighted by Crippen LogP contribution is 2.09. The van der Waals surface area contributed by atoms with E-state index in [1.807, 2.05) is 7.05 Å². The van der Waals surface area contributed by atoms with E-state index in [0.29, 0.717) is 31.1 Å². The van der Waals surface area contributed by atoms with Gasteiger partial charge < -0.3 is 10.1 Å². The smallest absolute Gasteiger partial charge is 0.341 e. The normalized spacial score (nSPS) is 10.8. The average molecular weight is 278 g/mol. The maximum atomic E-state index is 11.8. The molecule has 0 spiro atoms. The van der Waals surface area contributed by atoms with Crippen LogP contribution in [0.2, 0.25) is 0 Å². The molecule has 0 aromatic carbocycles. The van der Waals surface area contributed by atoms with Gasteiger partial charge >= 0.3 is 5.97 Å². The molecule has 8 nitrogen and oxygen atoms in total. The molecule has 108 valence electrons. The van der Waals surface area contributed by atoms with Crippen LogP contribution in [0.4, 0.5) is 0 Å². The van der Waals surface area contributed by atoms with Gasteiger partial charge in [-0.1, -0.05) is 0 Å². The number of aryl methyl sites for hydroxylation is 2. The summed E-state index contributed by atoms with van der Waals surface area (Å²) >= 11 is 0. The van der Waals surface area contributed by atoms with Gasteiger partial charge in [0.15, 0.2) is 5.82 Å². The number of aromatic nitrogens is 5. The van der Waals surface area contributed by atoms with Crippen LogP contribution in [0.1, 0.15) is 28.8 Å². The van der Waals surface area contributed by atoms with E-state index in [0.717, 1.165) is 5.69 Å². The fourth-order valence-corrected chi connectivity index (χ4v) is 1.81. The van der Waals surface area contributed by atoms with Gasteiger partial charge in [0, 0.05) is 20.6 Å². The van der Waals surface area contributed by atoms with Crippen molar-refractivity contribution >= 4 is 5.97 Å². The third kappa shape index (κ3) is 3.21. The molecule has 2 aromatic rings. The minimum atomic E-state index is -0.353. The molecule has 8 heteroatoms. The van der Waals surface area contributed by atoms with Crippen LogP contribution < -0.4 is 5.32 Å². The fraction of sp³-hybridized carbons (Fsp3) is 0.500. The van der Waals surface area contributed by atoms with Crippen molar-refractivity contribution in [2.45, 2.75) is 20.0 Å². The van der Waals surface area contributed by atoms with Crippen molar-refractivity contribution in [2.75, 3.05) is 6.61 Å². The lowest BCUT2D eigenvalue weighted by Crippen LogP contribution is -2.19. The van der Waals surface area contributed by atoms with Crippen LogP contribution in [-0.2, 0) is 31.9 Å². The summed E-state index contributed by atoms with van der Waals surface area (Å²) < 4.78 is 8.30. The summed E-state index contributed by atoms with van der Waals surface area (Å²) in [4.78, 5) is 15.9. The Bertz CT molecular complexity index is 589. The molecule has 0 aliphatic heterocycles. The van der Waals surface area contributed by atoms with Crippen LogP contribution in [0.5, 0.6) is 0 Å². The standard InChI is InChI=1S/C12H18N6O2/c1-4-20-12(19)9-5-15-18(3)10(9)6-13-7-11-14-8-17(2)16-11/h5,8,13H,4,6-7H2,1-3H3. The predicted octanol–water partition coefficient (Wildman–Crippen LogP) is 0.0151. The Balaban J connectivity index is 1.98. The van der Waals surface area contributed by atoms with Crippen LogP contribution in [0.15, 0.2) is 12.5 Å². The third-order valence-corrected chi connectivity index (χ3v) is 2.78. The zero-order valence-electron chi connectivity index (χ0n) is 11.8. The maximum absolute atomic E-state index is 11.8. The molecular weight excluding hydrogens is 260 g/mol. The van der Waals surface area contributed by atoms with Gasteiger partial charge in [-0.25, -0.2) is 9.78 Å². The number of carbonyl (C=O) groups excluding carboxylic acids is 1. The number of nitrogens with one attached hydrogen (secondary N) is 1. The van der Waals surface area contributed by atoms with E-state index in [9.17, 15) is 4.79 Å². The van der Waals surface area contributed by atoms with E-state index >= 15 is 0 Å². The SMILES string of the molecule is CCOC(=O)c1cnn(C)c1CNCc1ncn(C)n1. The van der Waals surface area contributed by atoms with Crippen LogP contribution in [0.3, 0.4) is 0 Å². The van der Waals surface area contributed by atoms with E-state index in [-0.39, 0.29) is 5.97 Å². The Morgan fingerprint density at radius 3 is 2.85 bits per heavy atom. The lowest BCUT2D eigenvalue weighted by atomic mass is 10.2. The Labute approximate surface area is 116 Å². The lowest BCUT2D eigenvalue weighted by Gasteiger charge is -2.06. The van der Waals surface area contributed by atoms with E-state index in [4.69, 9.17) is 4.74 Å². The van der Waals surface area contributed by atoms with Gasteiger partial charge in [-0.05, 0) is 6.92 Å². The highest BCUT2D eigenvalue weighted by molar-refractivity contribution is 5.90. The highest BCUT2D eigenvalue weighted by atomic mass is 16.5. The van der Waals surface area contributed by atoms with Crippen LogP contribution >= 0.6 is 0 Å². The molecule has 0 bridgehead atoms. The number of rotatable bonds is 6. The van der Waals surface area contributed by atoms with Crippen LogP contribution in [-0.4, -0.2) is 37.1 Å². The van der Waals surface area contributed by atoms with Crippen molar-refractivity contribution in [3.63, 3.8) is 0 Å². The summed E-state index contributed by atoms with van der Waals surface area (Å²) in [5.41, 5.74) is 1.26. The summed E-state index contributed by atoms with van der Waals surface area (Å²) in [5.74, 6) is 0.348. The number of hydrogen-bond donors (Lipinski definition) is 1. The van der Waals surface area contributed by atoms with Crippen molar-refractivity contribution in [1.29, 1.82) is 0 Å². The van der Waals surface area contributed by atoms with Crippen molar-refractivity contribution in [2.24, 2.45) is 14.1 Å². The first kappa shape index (κ1) is 14.2. The Kier molecular flexibility index (Phi) is 4.46. The highest BCUT2D eigenvalue weighted by Gasteiger charge is 2.16. The molecule has 2 rings (SSSR count). The molecule has 0 saturated carbocycles. The molecule has 0 atom stereocenters. The molecule has 0 aliphatic rings. The lowest BCUT2D eigenvalue weighted by molar-refractivity contribution is 0.0524. The predicted molar refractivity (Wildman–Crippen MR) is 70.7 cm³/mol. The first-order chi connectivity index (χ1) is 9.61. The van der Waals surface area contributed by atoms with Gasteiger partial charge in [-0.3, -0.25) is 9.36 Å². The number of carbonyl (C=O) groups is 1. The number of nitrogens with zero attached hydrogens (tertiary/aromatic N) is 5. The molecular formula is C12H18N6O2. The second-order valence-electron chi connectivity index (χ2n) is 4.29. The van der Waals surface area contributed by atoms with E-state index < -0.39 is 0 Å². The molecule has 0 aliphatic carbocycles. The quantitative estimate of drug-likeness (QED) is 0.749. The summed E-state index contributed by atoms with van der Waals surface area (Å²) in [7, 11) is 3.61. The van der Waals surface area contributed by atoms with Crippen molar-refractivity contribution in [3.05, 3.63) is 29.6 Å². The van der Waals surface area contributed by atoms with Crippen LogP contribution in [0, 0.1) is 0 Å². The Morgan fingerprint density at radius 2 is 2.20 bits per heavy atom. The third-order valence-electron chi connectivity index (χ3n) is 2.78. The summed E-state index contributed by atoms with van der Waals surface area (Å²) in [6, 6.07) is 0. The summed E-state index contributed by atoms with van der Waals surface area (Å²) in [6.07, 6.45) is 3.17. The molecule has 20 heavy (non-hydrogen) atoms. The Hall–Kier alpha value is -2.22. The first-order valence-corrected chi connectivity index (χ1v) is 6.35. The number of ether oxygens (including phenoxy) is 1. The minimum Gasteiger partial charge on any atom is -0.462 e. The maximum Gasteiger partial charge on any atom is 0.341 e. The summed E-state index contributed by atoms with van der Waals surface area (Å²) in [6.45, 7) is 3.13. The minimum absolute atomic E-state index is 0.346. The molecule has 2 aromatic heterocycles. The zero-order chi connectivity index (χ0) is 14.5. The molecule has 0 radical (unpaired) electrons. The van der Waals surface area contributed by atoms with Gasteiger partial charge in [0.1, 0.15) is 11.9 Å². The molecule has 2 heterocycles. The Morgan fingerprint density at radius 1 is 1.40 bits per heavy atom. The molecule has 0 unspecified atom stereocenters. The fourth-order valence-electron chi connectivity index (χ4n) is 1.81. The molecule has 0 amide bonds. The molecule has 1 N–H and O–H groups in total. The van der Waals surface area contributed by atoms with Gasteiger partial charge in [-0.15, -0.1) is 0 Å². The van der Waals surface area contributed by atoms with Crippen molar-refractivity contribution < 1.29 is 9.53 Å². The average Bonchev–Trinajstić information content (AvgIpc) is 2.97. The van der Waals surface area contributed by atoms with Gasteiger partial charge in [-0.2, -0.15) is 10.2 Å². The first-order valence-electron chi connectivity index (χ1n) is 6.35. The number of esters is 1. The van der Waals surface area contributed by atoms with E-state index in [1.165, 1.54) is 6.20 Å². The molecule has 0 saturated heterocycles. The monoisotopic (exact) mass is 278 g/mol. The van der Waals surface area contributed by atoms with E-state index in [1.54, 1.807) is 29.7 Å². The van der Waals surface area contributed by atoms with Gasteiger partial charge in [0.05, 0.1) is 25.0 Å². The number of hydrogen-bond acceptors (Lipinski definition) is 6. The van der Waals surface area contributed by atoms with Gasteiger partial charge in [0.2, 0.25) is 0 Å². The van der Waals surface area contributed by atoms with E-state index in [2.05, 4.69) is 20.5 Å². The van der Waals surface area contributed by atoms with Crippen molar-refractivity contribution in [1.82, 2.24) is 29.9 Å². The second kappa shape index (κ2) is 6.29. The largest absolute Gasteiger partial charge is 0.462 e. The molecule has 0 fully saturated rings.